The number of nitrogens with zero attached hydrogens (tertiary/aromatic N) is 2. The topological polar surface area (TPSA) is 37.8 Å². The standard InChI is InChI=1S/C16H27N3S/c1-2-4-7-13(6-3-1)12-16-19-18-15(20-16)8-5-11-17-14-9-10-14/h13-14,17H,1-12H2. The van der Waals surface area contributed by atoms with Crippen molar-refractivity contribution in [1.82, 2.24) is 15.5 Å². The first-order valence-electron chi connectivity index (χ1n) is 8.45. The van der Waals surface area contributed by atoms with Crippen LogP contribution in [-0.2, 0) is 12.8 Å². The molecule has 2 aliphatic carbocycles. The quantitative estimate of drug-likeness (QED) is 0.615. The summed E-state index contributed by atoms with van der Waals surface area (Å²) in [6.45, 7) is 1.14. The van der Waals surface area contributed by atoms with E-state index in [1.165, 1.54) is 74.2 Å². The van der Waals surface area contributed by atoms with Crippen LogP contribution in [0.4, 0.5) is 0 Å². The normalized spacial score (nSPS) is 21.0. The minimum atomic E-state index is 0.829. The third kappa shape index (κ3) is 4.81. The molecule has 4 heteroatoms. The van der Waals surface area contributed by atoms with Gasteiger partial charge in [0.2, 0.25) is 0 Å². The molecule has 1 aromatic rings. The van der Waals surface area contributed by atoms with Gasteiger partial charge in [-0.25, -0.2) is 0 Å². The highest BCUT2D eigenvalue weighted by atomic mass is 32.1. The van der Waals surface area contributed by atoms with Gasteiger partial charge in [-0.05, 0) is 31.7 Å². The fourth-order valence-corrected chi connectivity index (χ4v) is 4.12. The highest BCUT2D eigenvalue weighted by molar-refractivity contribution is 7.11. The molecule has 20 heavy (non-hydrogen) atoms. The van der Waals surface area contributed by atoms with Gasteiger partial charge < -0.3 is 5.32 Å². The van der Waals surface area contributed by atoms with Crippen molar-refractivity contribution < 1.29 is 0 Å². The van der Waals surface area contributed by atoms with E-state index in [1.54, 1.807) is 0 Å². The number of rotatable bonds is 7. The first kappa shape index (κ1) is 14.5. The molecule has 0 aromatic carbocycles. The van der Waals surface area contributed by atoms with Gasteiger partial charge in [0, 0.05) is 18.9 Å². The van der Waals surface area contributed by atoms with Gasteiger partial charge >= 0.3 is 0 Å². The van der Waals surface area contributed by atoms with E-state index in [9.17, 15) is 0 Å². The molecule has 0 saturated heterocycles. The van der Waals surface area contributed by atoms with E-state index in [4.69, 9.17) is 0 Å². The number of hydrogen-bond donors (Lipinski definition) is 1. The molecule has 0 radical (unpaired) electrons. The molecule has 1 aromatic heterocycles. The van der Waals surface area contributed by atoms with Crippen LogP contribution in [0.5, 0.6) is 0 Å². The number of aromatic nitrogens is 2. The molecular formula is C16H27N3S. The van der Waals surface area contributed by atoms with Gasteiger partial charge in [0.1, 0.15) is 10.0 Å². The van der Waals surface area contributed by atoms with Gasteiger partial charge in [0.25, 0.3) is 0 Å². The van der Waals surface area contributed by atoms with Crippen LogP contribution in [0.1, 0.15) is 67.8 Å². The van der Waals surface area contributed by atoms with Crippen LogP contribution in [0.15, 0.2) is 0 Å². The molecule has 0 aliphatic heterocycles. The predicted octanol–water partition coefficient (Wildman–Crippen LogP) is 3.74. The molecular weight excluding hydrogens is 266 g/mol. The maximum atomic E-state index is 4.42. The number of aryl methyl sites for hydroxylation is 1. The smallest absolute Gasteiger partial charge is 0.117 e. The molecule has 1 N–H and O–H groups in total. The Bertz CT molecular complexity index is 392. The van der Waals surface area contributed by atoms with Gasteiger partial charge in [-0.2, -0.15) is 0 Å². The zero-order chi connectivity index (χ0) is 13.6. The van der Waals surface area contributed by atoms with Crippen LogP contribution in [0.2, 0.25) is 0 Å². The third-order valence-electron chi connectivity index (χ3n) is 4.52. The van der Waals surface area contributed by atoms with E-state index < -0.39 is 0 Å². The van der Waals surface area contributed by atoms with Gasteiger partial charge in [-0.15, -0.1) is 21.5 Å². The summed E-state index contributed by atoms with van der Waals surface area (Å²) in [7, 11) is 0. The van der Waals surface area contributed by atoms with E-state index in [2.05, 4.69) is 15.5 Å². The van der Waals surface area contributed by atoms with E-state index in [0.29, 0.717) is 0 Å². The molecule has 112 valence electrons. The first-order valence-corrected chi connectivity index (χ1v) is 9.26. The average Bonchev–Trinajstić information content (AvgIpc) is 3.22. The van der Waals surface area contributed by atoms with Crippen LogP contribution >= 0.6 is 11.3 Å². The molecule has 2 aliphatic rings. The van der Waals surface area contributed by atoms with E-state index in [-0.39, 0.29) is 0 Å². The van der Waals surface area contributed by atoms with Crippen molar-refractivity contribution in [2.75, 3.05) is 6.54 Å². The van der Waals surface area contributed by atoms with Crippen molar-refractivity contribution in [3.8, 4) is 0 Å². The zero-order valence-corrected chi connectivity index (χ0v) is 13.3. The first-order chi connectivity index (χ1) is 9.90. The number of nitrogens with one attached hydrogen (secondary N) is 1. The van der Waals surface area contributed by atoms with Crippen molar-refractivity contribution in [1.29, 1.82) is 0 Å². The van der Waals surface area contributed by atoms with Crippen molar-refractivity contribution >= 4 is 11.3 Å². The monoisotopic (exact) mass is 293 g/mol. The lowest BCUT2D eigenvalue weighted by Gasteiger charge is -2.10. The highest BCUT2D eigenvalue weighted by Gasteiger charge is 2.19. The summed E-state index contributed by atoms with van der Waals surface area (Å²) < 4.78 is 0. The Labute approximate surface area is 126 Å². The van der Waals surface area contributed by atoms with Crippen molar-refractivity contribution in [2.24, 2.45) is 5.92 Å². The highest BCUT2D eigenvalue weighted by Crippen LogP contribution is 2.27. The minimum absolute atomic E-state index is 0.829. The van der Waals surface area contributed by atoms with Crippen LogP contribution in [0.3, 0.4) is 0 Å². The van der Waals surface area contributed by atoms with Gasteiger partial charge in [-0.3, -0.25) is 0 Å². The number of hydrogen-bond acceptors (Lipinski definition) is 4. The van der Waals surface area contributed by atoms with Crippen LogP contribution < -0.4 is 5.32 Å². The summed E-state index contributed by atoms with van der Waals surface area (Å²) in [5.41, 5.74) is 0. The molecule has 2 saturated carbocycles. The van der Waals surface area contributed by atoms with Gasteiger partial charge in [0.05, 0.1) is 0 Å². The fourth-order valence-electron chi connectivity index (χ4n) is 3.12. The second-order valence-corrected chi connectivity index (χ2v) is 7.63. The minimum Gasteiger partial charge on any atom is -0.314 e. The van der Waals surface area contributed by atoms with Crippen molar-refractivity contribution in [2.45, 2.75) is 76.7 Å². The second-order valence-electron chi connectivity index (χ2n) is 6.48. The Kier molecular flexibility index (Phi) is 5.43. The summed E-state index contributed by atoms with van der Waals surface area (Å²) in [4.78, 5) is 0. The average molecular weight is 293 g/mol. The zero-order valence-electron chi connectivity index (χ0n) is 12.4. The Morgan fingerprint density at radius 3 is 2.45 bits per heavy atom. The second kappa shape index (κ2) is 7.51. The van der Waals surface area contributed by atoms with Crippen LogP contribution in [-0.4, -0.2) is 22.8 Å². The van der Waals surface area contributed by atoms with E-state index in [1.807, 2.05) is 11.3 Å². The Morgan fingerprint density at radius 2 is 1.70 bits per heavy atom. The lowest BCUT2D eigenvalue weighted by Crippen LogP contribution is -2.17. The maximum Gasteiger partial charge on any atom is 0.117 e. The Morgan fingerprint density at radius 1 is 0.950 bits per heavy atom. The largest absolute Gasteiger partial charge is 0.314 e. The van der Waals surface area contributed by atoms with Crippen molar-refractivity contribution in [3.05, 3.63) is 10.0 Å². The Balaban J connectivity index is 1.38. The third-order valence-corrected chi connectivity index (χ3v) is 5.53. The van der Waals surface area contributed by atoms with Crippen LogP contribution in [0.25, 0.3) is 0 Å². The molecule has 0 atom stereocenters. The molecule has 0 bridgehead atoms. The molecule has 1 heterocycles. The summed E-state index contributed by atoms with van der Waals surface area (Å²) in [5, 5.41) is 14.9. The van der Waals surface area contributed by atoms with Crippen LogP contribution in [0, 0.1) is 5.92 Å². The summed E-state index contributed by atoms with van der Waals surface area (Å²) in [5.74, 6) is 0.870. The predicted molar refractivity (Wildman–Crippen MR) is 84.2 cm³/mol. The lowest BCUT2D eigenvalue weighted by atomic mass is 9.97. The molecule has 3 nitrogen and oxygen atoms in total. The van der Waals surface area contributed by atoms with E-state index >= 15 is 0 Å². The summed E-state index contributed by atoms with van der Waals surface area (Å²) >= 11 is 1.86. The molecule has 0 spiro atoms. The summed E-state index contributed by atoms with van der Waals surface area (Å²) in [6, 6.07) is 0.829. The van der Waals surface area contributed by atoms with E-state index in [0.717, 1.165) is 24.9 Å². The fraction of sp³-hybridized carbons (Fsp3) is 0.875. The van der Waals surface area contributed by atoms with Crippen molar-refractivity contribution in [3.63, 3.8) is 0 Å². The summed E-state index contributed by atoms with van der Waals surface area (Å²) in [6.07, 6.45) is 14.8. The molecule has 3 rings (SSSR count). The molecule has 0 amide bonds. The van der Waals surface area contributed by atoms with Gasteiger partial charge in [0.15, 0.2) is 0 Å². The SMILES string of the molecule is C1CCCC(Cc2nnc(CCCNC3CC3)s2)CC1. The lowest BCUT2D eigenvalue weighted by molar-refractivity contribution is 0.456. The Hall–Kier alpha value is -0.480. The van der Waals surface area contributed by atoms with Gasteiger partial charge in [-0.1, -0.05) is 38.5 Å². The molecule has 2 fully saturated rings. The maximum absolute atomic E-state index is 4.42. The molecule has 0 unspecified atom stereocenters.